The molecule has 2 heterocycles. The molecule has 1 amide bonds. The number of amides is 1. The molecule has 0 saturated carbocycles. The van der Waals surface area contributed by atoms with Gasteiger partial charge in [-0.25, -0.2) is 0 Å². The summed E-state index contributed by atoms with van der Waals surface area (Å²) in [5.41, 5.74) is 0. The molecule has 0 spiro atoms. The van der Waals surface area contributed by atoms with Crippen molar-refractivity contribution < 1.29 is 4.79 Å². The van der Waals surface area contributed by atoms with Crippen LogP contribution in [0.15, 0.2) is 15.9 Å². The maximum absolute atomic E-state index is 11.8. The van der Waals surface area contributed by atoms with Crippen molar-refractivity contribution in [2.24, 2.45) is 0 Å². The Kier molecular flexibility index (Phi) is 7.22. The van der Waals surface area contributed by atoms with Crippen LogP contribution in [0.5, 0.6) is 0 Å². The Morgan fingerprint density at radius 1 is 1.50 bits per heavy atom. The van der Waals surface area contributed by atoms with Gasteiger partial charge in [0.15, 0.2) is 0 Å². The summed E-state index contributed by atoms with van der Waals surface area (Å²) in [4.78, 5) is 13.1. The van der Waals surface area contributed by atoms with Gasteiger partial charge in [-0.1, -0.05) is 6.42 Å². The molecular formula is C12H18BrClN2OS. The third-order valence-corrected chi connectivity index (χ3v) is 4.61. The molecule has 0 bridgehead atoms. The summed E-state index contributed by atoms with van der Waals surface area (Å²) in [7, 11) is 0. The number of halogens is 2. The lowest BCUT2D eigenvalue weighted by Gasteiger charge is -2.22. The Morgan fingerprint density at radius 3 is 2.94 bits per heavy atom. The van der Waals surface area contributed by atoms with Gasteiger partial charge in [-0.15, -0.1) is 23.7 Å². The Balaban J connectivity index is 0.00000162. The molecule has 0 unspecified atom stereocenters. The van der Waals surface area contributed by atoms with Crippen LogP contribution in [-0.4, -0.2) is 25.0 Å². The minimum atomic E-state index is 0. The summed E-state index contributed by atoms with van der Waals surface area (Å²) in [5.74, 6) is 0.153. The zero-order valence-corrected chi connectivity index (χ0v) is 13.3. The van der Waals surface area contributed by atoms with Crippen LogP contribution in [0.4, 0.5) is 0 Å². The Labute approximate surface area is 126 Å². The first-order chi connectivity index (χ1) is 8.25. The maximum atomic E-state index is 11.8. The van der Waals surface area contributed by atoms with E-state index >= 15 is 0 Å². The Morgan fingerprint density at radius 2 is 2.33 bits per heavy atom. The standard InChI is InChI=1S/C12H17BrN2OS.ClH/c13-11-5-4-9(17-11)6-8-15-12(16)10-3-1-2-7-14-10;/h4-5,10,14H,1-3,6-8H2,(H,15,16);1H/t10-;/m1./s1. The monoisotopic (exact) mass is 352 g/mol. The fraction of sp³-hybridized carbons (Fsp3) is 0.583. The summed E-state index contributed by atoms with van der Waals surface area (Å²) >= 11 is 5.16. The van der Waals surface area contributed by atoms with Crippen LogP contribution >= 0.6 is 39.7 Å². The molecule has 1 fully saturated rings. The lowest BCUT2D eigenvalue weighted by molar-refractivity contribution is -0.123. The lowest BCUT2D eigenvalue weighted by Crippen LogP contribution is -2.47. The molecule has 3 nitrogen and oxygen atoms in total. The number of nitrogens with one attached hydrogen (secondary N) is 2. The van der Waals surface area contributed by atoms with Crippen molar-refractivity contribution in [1.82, 2.24) is 10.6 Å². The van der Waals surface area contributed by atoms with E-state index in [1.807, 2.05) is 6.07 Å². The number of hydrogen-bond acceptors (Lipinski definition) is 3. The second-order valence-corrected chi connectivity index (χ2v) is 6.80. The number of carbonyl (C=O) groups is 1. The second-order valence-electron chi connectivity index (χ2n) is 4.25. The molecule has 2 rings (SSSR count). The first kappa shape index (κ1) is 16.0. The van der Waals surface area contributed by atoms with Gasteiger partial charge in [0.1, 0.15) is 0 Å². The molecule has 1 aliphatic rings. The van der Waals surface area contributed by atoms with Crippen LogP contribution in [-0.2, 0) is 11.2 Å². The zero-order valence-electron chi connectivity index (χ0n) is 10.1. The van der Waals surface area contributed by atoms with Crippen LogP contribution in [0.1, 0.15) is 24.1 Å². The minimum absolute atomic E-state index is 0. The summed E-state index contributed by atoms with van der Waals surface area (Å²) in [6, 6.07) is 4.17. The normalized spacial score (nSPS) is 19.1. The summed E-state index contributed by atoms with van der Waals surface area (Å²) in [6.45, 7) is 1.69. The van der Waals surface area contributed by atoms with Crippen molar-refractivity contribution in [2.45, 2.75) is 31.7 Å². The van der Waals surface area contributed by atoms with Gasteiger partial charge in [0.2, 0.25) is 5.91 Å². The van der Waals surface area contributed by atoms with Gasteiger partial charge >= 0.3 is 0 Å². The van der Waals surface area contributed by atoms with E-state index in [9.17, 15) is 4.79 Å². The molecule has 18 heavy (non-hydrogen) atoms. The molecule has 102 valence electrons. The fourth-order valence-corrected chi connectivity index (χ4v) is 3.48. The highest BCUT2D eigenvalue weighted by atomic mass is 79.9. The predicted octanol–water partition coefficient (Wildman–Crippen LogP) is 2.73. The lowest BCUT2D eigenvalue weighted by atomic mass is 10.0. The summed E-state index contributed by atoms with van der Waals surface area (Å²) in [6.07, 6.45) is 4.22. The zero-order chi connectivity index (χ0) is 12.1. The molecule has 2 N–H and O–H groups in total. The summed E-state index contributed by atoms with van der Waals surface area (Å²) in [5, 5.41) is 6.25. The minimum Gasteiger partial charge on any atom is -0.354 e. The van der Waals surface area contributed by atoms with Gasteiger partial charge in [-0.3, -0.25) is 4.79 Å². The molecule has 0 aliphatic carbocycles. The first-order valence-corrected chi connectivity index (χ1v) is 7.62. The maximum Gasteiger partial charge on any atom is 0.237 e. The average molecular weight is 354 g/mol. The summed E-state index contributed by atoms with van der Waals surface area (Å²) < 4.78 is 1.15. The van der Waals surface area contributed by atoms with Crippen molar-refractivity contribution in [3.8, 4) is 0 Å². The number of piperidine rings is 1. The molecule has 1 aliphatic heterocycles. The van der Waals surface area contributed by atoms with E-state index in [4.69, 9.17) is 0 Å². The van der Waals surface area contributed by atoms with Crippen LogP contribution < -0.4 is 10.6 Å². The topological polar surface area (TPSA) is 41.1 Å². The van der Waals surface area contributed by atoms with Crippen molar-refractivity contribution in [3.05, 3.63) is 20.8 Å². The van der Waals surface area contributed by atoms with Gasteiger partial charge in [-0.05, 0) is 53.9 Å². The van der Waals surface area contributed by atoms with Crippen molar-refractivity contribution >= 4 is 45.6 Å². The van der Waals surface area contributed by atoms with E-state index in [0.717, 1.165) is 36.1 Å². The highest BCUT2D eigenvalue weighted by Crippen LogP contribution is 2.22. The van der Waals surface area contributed by atoms with Gasteiger partial charge < -0.3 is 10.6 Å². The van der Waals surface area contributed by atoms with E-state index in [1.54, 1.807) is 11.3 Å². The van der Waals surface area contributed by atoms with Crippen molar-refractivity contribution in [2.75, 3.05) is 13.1 Å². The Bertz CT molecular complexity index is 380. The average Bonchev–Trinajstić information content (AvgIpc) is 2.76. The van der Waals surface area contributed by atoms with Crippen molar-refractivity contribution in [3.63, 3.8) is 0 Å². The van der Waals surface area contributed by atoms with E-state index < -0.39 is 0 Å². The predicted molar refractivity (Wildman–Crippen MR) is 81.6 cm³/mol. The second kappa shape index (κ2) is 8.15. The van der Waals surface area contributed by atoms with Crippen LogP contribution in [0, 0.1) is 0 Å². The van der Waals surface area contributed by atoms with Crippen LogP contribution in [0.2, 0.25) is 0 Å². The van der Waals surface area contributed by atoms with Gasteiger partial charge in [0, 0.05) is 11.4 Å². The number of hydrogen-bond donors (Lipinski definition) is 2. The highest BCUT2D eigenvalue weighted by Gasteiger charge is 2.19. The highest BCUT2D eigenvalue weighted by molar-refractivity contribution is 9.11. The fourth-order valence-electron chi connectivity index (χ4n) is 1.99. The third-order valence-electron chi connectivity index (χ3n) is 2.93. The van der Waals surface area contributed by atoms with Gasteiger partial charge in [0.05, 0.1) is 9.83 Å². The molecule has 1 aromatic heterocycles. The molecule has 6 heteroatoms. The van der Waals surface area contributed by atoms with Gasteiger partial charge in [-0.2, -0.15) is 0 Å². The largest absolute Gasteiger partial charge is 0.354 e. The van der Waals surface area contributed by atoms with E-state index in [-0.39, 0.29) is 24.4 Å². The molecule has 0 radical (unpaired) electrons. The molecule has 0 aromatic carbocycles. The SMILES string of the molecule is Cl.O=C(NCCc1ccc(Br)s1)[C@H]1CCCCN1. The van der Waals surface area contributed by atoms with E-state index in [0.29, 0.717) is 0 Å². The Hall–Kier alpha value is -0.100. The first-order valence-electron chi connectivity index (χ1n) is 6.01. The van der Waals surface area contributed by atoms with Crippen LogP contribution in [0.3, 0.4) is 0 Å². The molecule has 1 saturated heterocycles. The smallest absolute Gasteiger partial charge is 0.237 e. The number of carbonyl (C=O) groups excluding carboxylic acids is 1. The van der Waals surface area contributed by atoms with Gasteiger partial charge in [0.25, 0.3) is 0 Å². The molecule has 1 aromatic rings. The third kappa shape index (κ3) is 4.88. The quantitative estimate of drug-likeness (QED) is 0.874. The van der Waals surface area contributed by atoms with E-state index in [2.05, 4.69) is 32.6 Å². The van der Waals surface area contributed by atoms with E-state index in [1.165, 1.54) is 11.3 Å². The van der Waals surface area contributed by atoms with Crippen molar-refractivity contribution in [1.29, 1.82) is 0 Å². The molecular weight excluding hydrogens is 336 g/mol. The number of thiophene rings is 1. The molecule has 1 atom stereocenters. The number of rotatable bonds is 4. The van der Waals surface area contributed by atoms with Crippen LogP contribution in [0.25, 0.3) is 0 Å².